The highest BCUT2D eigenvalue weighted by atomic mass is 16.4. The van der Waals surface area contributed by atoms with E-state index in [2.05, 4.69) is 30.5 Å². The van der Waals surface area contributed by atoms with E-state index in [1.54, 1.807) is 36.1 Å². The van der Waals surface area contributed by atoms with Gasteiger partial charge >= 0.3 is 6.09 Å². The molecular formula is C12H12N8O2. The molecule has 2 N–H and O–H groups in total. The number of nitrogens with zero attached hydrogens (tertiary/aromatic N) is 7. The van der Waals surface area contributed by atoms with Gasteiger partial charge in [0.15, 0.2) is 17.5 Å². The normalized spacial score (nSPS) is 12.0. The fourth-order valence-corrected chi connectivity index (χ4v) is 1.95. The molecule has 3 heterocycles. The minimum Gasteiger partial charge on any atom is -0.465 e. The minimum atomic E-state index is -1.14. The Morgan fingerprint density at radius 2 is 2.05 bits per heavy atom. The van der Waals surface area contributed by atoms with Gasteiger partial charge in [-0.1, -0.05) is 0 Å². The van der Waals surface area contributed by atoms with E-state index < -0.39 is 12.1 Å². The van der Waals surface area contributed by atoms with Crippen LogP contribution in [0.25, 0.3) is 11.6 Å². The summed E-state index contributed by atoms with van der Waals surface area (Å²) in [7, 11) is 0. The number of nitrogens with one attached hydrogen (secondary N) is 1. The molecule has 0 saturated carbocycles. The summed E-state index contributed by atoms with van der Waals surface area (Å²) in [5, 5.41) is 19.3. The van der Waals surface area contributed by atoms with E-state index in [0.29, 0.717) is 17.5 Å². The molecule has 1 amide bonds. The highest BCUT2D eigenvalue weighted by Gasteiger charge is 2.17. The fourth-order valence-electron chi connectivity index (χ4n) is 1.95. The molecule has 10 nitrogen and oxygen atoms in total. The average Bonchev–Trinajstić information content (AvgIpc) is 3.18. The Morgan fingerprint density at radius 3 is 2.77 bits per heavy atom. The molecule has 1 atom stereocenters. The lowest BCUT2D eigenvalue weighted by Gasteiger charge is -2.12. The molecule has 0 bridgehead atoms. The van der Waals surface area contributed by atoms with Crippen LogP contribution in [0.3, 0.4) is 0 Å². The van der Waals surface area contributed by atoms with E-state index >= 15 is 0 Å². The number of hydrogen-bond acceptors (Lipinski definition) is 6. The van der Waals surface area contributed by atoms with Crippen LogP contribution in [-0.4, -0.2) is 45.7 Å². The minimum absolute atomic E-state index is 0.424. The predicted octanol–water partition coefficient (Wildman–Crippen LogP) is 0.572. The van der Waals surface area contributed by atoms with Crippen molar-refractivity contribution in [3.8, 4) is 11.6 Å². The third kappa shape index (κ3) is 2.61. The lowest BCUT2D eigenvalue weighted by Crippen LogP contribution is -2.27. The first-order chi connectivity index (χ1) is 10.6. The van der Waals surface area contributed by atoms with Crippen LogP contribution >= 0.6 is 0 Å². The van der Waals surface area contributed by atoms with Gasteiger partial charge in [-0.2, -0.15) is 14.9 Å². The molecule has 0 radical (unpaired) electrons. The topological polar surface area (TPSA) is 124 Å². The van der Waals surface area contributed by atoms with Crippen molar-refractivity contribution in [2.24, 2.45) is 0 Å². The molecule has 3 rings (SSSR count). The summed E-state index contributed by atoms with van der Waals surface area (Å²) in [4.78, 5) is 23.1. The van der Waals surface area contributed by atoms with Crippen LogP contribution in [0.1, 0.15) is 18.8 Å². The molecule has 22 heavy (non-hydrogen) atoms. The van der Waals surface area contributed by atoms with Crippen LogP contribution in [0.5, 0.6) is 0 Å². The number of carboxylic acid groups (broad SMARTS) is 1. The standard InChI is InChI=1S/C12H12N8O2/c1-8(18-12(21)22)11-15-7-17-20(11)10-5-9(13-6-14-10)19-4-2-3-16-19/h2-8,18H,1H3,(H,21,22)/t8-/m0/s1. The smallest absolute Gasteiger partial charge is 0.405 e. The van der Waals surface area contributed by atoms with E-state index in [9.17, 15) is 4.79 Å². The van der Waals surface area contributed by atoms with Crippen molar-refractivity contribution in [3.63, 3.8) is 0 Å². The molecule has 0 aliphatic heterocycles. The lowest BCUT2D eigenvalue weighted by molar-refractivity contribution is 0.190. The number of carbonyl (C=O) groups is 1. The highest BCUT2D eigenvalue weighted by Crippen LogP contribution is 2.14. The summed E-state index contributed by atoms with van der Waals surface area (Å²) in [6.07, 6.45) is 4.98. The Bertz CT molecular complexity index is 782. The Labute approximate surface area is 124 Å². The predicted molar refractivity (Wildman–Crippen MR) is 73.6 cm³/mol. The van der Waals surface area contributed by atoms with Gasteiger partial charge in [0.2, 0.25) is 0 Å². The molecule has 0 fully saturated rings. The number of amides is 1. The molecule has 0 aromatic carbocycles. The summed E-state index contributed by atoms with van der Waals surface area (Å²) in [6.45, 7) is 1.67. The van der Waals surface area contributed by atoms with Crippen LogP contribution in [0, 0.1) is 0 Å². The summed E-state index contributed by atoms with van der Waals surface area (Å²) in [5.41, 5.74) is 0. The summed E-state index contributed by atoms with van der Waals surface area (Å²) >= 11 is 0. The highest BCUT2D eigenvalue weighted by molar-refractivity contribution is 5.64. The van der Waals surface area contributed by atoms with Gasteiger partial charge in [-0.25, -0.2) is 24.4 Å². The van der Waals surface area contributed by atoms with E-state index in [1.807, 2.05) is 0 Å². The van der Waals surface area contributed by atoms with Crippen molar-refractivity contribution in [1.82, 2.24) is 39.8 Å². The van der Waals surface area contributed by atoms with Crippen LogP contribution in [0.2, 0.25) is 0 Å². The molecule has 0 unspecified atom stereocenters. The van der Waals surface area contributed by atoms with Gasteiger partial charge in [0.25, 0.3) is 0 Å². The molecule has 112 valence electrons. The van der Waals surface area contributed by atoms with E-state index in [-0.39, 0.29) is 0 Å². The Hall–Kier alpha value is -3.30. The second-order valence-electron chi connectivity index (χ2n) is 4.39. The third-order valence-electron chi connectivity index (χ3n) is 2.90. The maximum Gasteiger partial charge on any atom is 0.405 e. The molecule has 0 aliphatic rings. The van der Waals surface area contributed by atoms with Crippen molar-refractivity contribution in [2.75, 3.05) is 0 Å². The van der Waals surface area contributed by atoms with Crippen LogP contribution in [0.15, 0.2) is 37.2 Å². The fraction of sp³-hybridized carbons (Fsp3) is 0.167. The summed E-state index contributed by atoms with van der Waals surface area (Å²) in [6, 6.07) is 2.92. The zero-order valence-electron chi connectivity index (χ0n) is 11.5. The maximum absolute atomic E-state index is 10.8. The first kappa shape index (κ1) is 13.7. The van der Waals surface area contributed by atoms with Crippen molar-refractivity contribution in [3.05, 3.63) is 43.0 Å². The van der Waals surface area contributed by atoms with Gasteiger partial charge in [-0.05, 0) is 13.0 Å². The molecular weight excluding hydrogens is 288 g/mol. The molecule has 0 saturated heterocycles. The zero-order chi connectivity index (χ0) is 15.5. The van der Waals surface area contributed by atoms with E-state index in [1.165, 1.54) is 17.3 Å². The summed E-state index contributed by atoms with van der Waals surface area (Å²) in [5.74, 6) is 1.45. The number of hydrogen-bond donors (Lipinski definition) is 2. The number of aromatic nitrogens is 7. The van der Waals surface area contributed by atoms with Crippen molar-refractivity contribution >= 4 is 6.09 Å². The van der Waals surface area contributed by atoms with Crippen molar-refractivity contribution < 1.29 is 9.90 Å². The molecule has 0 aliphatic carbocycles. The quantitative estimate of drug-likeness (QED) is 0.721. The Morgan fingerprint density at radius 1 is 1.23 bits per heavy atom. The van der Waals surface area contributed by atoms with Gasteiger partial charge in [-0.15, -0.1) is 0 Å². The summed E-state index contributed by atoms with van der Waals surface area (Å²) < 4.78 is 3.04. The van der Waals surface area contributed by atoms with Gasteiger partial charge in [0.05, 0.1) is 6.04 Å². The second kappa shape index (κ2) is 5.60. The SMILES string of the molecule is C[C@H](NC(=O)O)c1ncnn1-c1cc(-n2cccn2)ncn1. The van der Waals surface area contributed by atoms with Gasteiger partial charge < -0.3 is 10.4 Å². The molecule has 3 aromatic rings. The molecule has 3 aromatic heterocycles. The van der Waals surface area contributed by atoms with Crippen LogP contribution < -0.4 is 5.32 Å². The van der Waals surface area contributed by atoms with Crippen LogP contribution in [0.4, 0.5) is 4.79 Å². The Balaban J connectivity index is 1.97. The first-order valence-corrected chi connectivity index (χ1v) is 6.37. The van der Waals surface area contributed by atoms with Crippen molar-refractivity contribution in [1.29, 1.82) is 0 Å². The van der Waals surface area contributed by atoms with Crippen LogP contribution in [-0.2, 0) is 0 Å². The van der Waals surface area contributed by atoms with Gasteiger partial charge in [0.1, 0.15) is 12.7 Å². The number of rotatable bonds is 4. The van der Waals surface area contributed by atoms with E-state index in [0.717, 1.165) is 0 Å². The third-order valence-corrected chi connectivity index (χ3v) is 2.90. The second-order valence-corrected chi connectivity index (χ2v) is 4.39. The monoisotopic (exact) mass is 300 g/mol. The molecule has 10 heteroatoms. The first-order valence-electron chi connectivity index (χ1n) is 6.37. The van der Waals surface area contributed by atoms with Gasteiger partial charge in [0, 0.05) is 18.5 Å². The largest absolute Gasteiger partial charge is 0.465 e. The lowest BCUT2D eigenvalue weighted by atomic mass is 10.3. The Kier molecular flexibility index (Phi) is 3.48. The van der Waals surface area contributed by atoms with E-state index in [4.69, 9.17) is 5.11 Å². The maximum atomic E-state index is 10.8. The average molecular weight is 300 g/mol. The molecule has 0 spiro atoms. The van der Waals surface area contributed by atoms with Crippen molar-refractivity contribution in [2.45, 2.75) is 13.0 Å². The van der Waals surface area contributed by atoms with Gasteiger partial charge in [-0.3, -0.25) is 0 Å². The zero-order valence-corrected chi connectivity index (χ0v) is 11.5.